The van der Waals surface area contributed by atoms with Crippen molar-refractivity contribution >= 4 is 34.5 Å². The maximum absolute atomic E-state index is 12.4. The van der Waals surface area contributed by atoms with E-state index in [0.29, 0.717) is 12.0 Å². The first kappa shape index (κ1) is 25.4. The summed E-state index contributed by atoms with van der Waals surface area (Å²) in [5, 5.41) is 25.3. The molecular weight excluding hydrogens is 474 g/mol. The van der Waals surface area contributed by atoms with Gasteiger partial charge in [0.15, 0.2) is 0 Å². The van der Waals surface area contributed by atoms with E-state index >= 15 is 0 Å². The largest absolute Gasteiger partial charge is 0.506 e. The number of nitrogens with zero attached hydrogens (tertiary/aromatic N) is 2. The lowest BCUT2D eigenvalue weighted by atomic mass is 9.99. The fraction of sp³-hybridized carbons (Fsp3) is 0.172. The molecule has 3 N–H and O–H groups in total. The van der Waals surface area contributed by atoms with Gasteiger partial charge in [-0.05, 0) is 46.5 Å². The Balaban J connectivity index is 1.53. The van der Waals surface area contributed by atoms with Crippen molar-refractivity contribution in [2.75, 3.05) is 13.2 Å². The average molecular weight is 502 g/mol. The number of carbonyl (C=O) groups is 1. The summed E-state index contributed by atoms with van der Waals surface area (Å²) in [5.41, 5.74) is 6.11. The number of fused-ring (bicyclic) bond motifs is 1. The Bertz CT molecular complexity index is 1360. The van der Waals surface area contributed by atoms with Gasteiger partial charge in [0.05, 0.1) is 11.2 Å². The van der Waals surface area contributed by atoms with E-state index < -0.39 is 5.91 Å². The van der Waals surface area contributed by atoms with Crippen molar-refractivity contribution in [2.24, 2.45) is 5.10 Å². The van der Waals surface area contributed by atoms with Gasteiger partial charge in [0.2, 0.25) is 0 Å². The van der Waals surface area contributed by atoms with Crippen LogP contribution in [0.25, 0.3) is 10.8 Å². The Labute approximate surface area is 215 Å². The number of rotatable bonds is 10. The summed E-state index contributed by atoms with van der Waals surface area (Å²) in [6.45, 7) is 2.48. The molecule has 0 saturated carbocycles. The van der Waals surface area contributed by atoms with E-state index in [1.807, 2.05) is 42.5 Å². The molecule has 184 valence electrons. The van der Waals surface area contributed by atoms with Gasteiger partial charge < -0.3 is 10.2 Å². The maximum Gasteiger partial charge on any atom is 0.271 e. The number of aromatic hydroxyl groups is 1. The normalized spacial score (nSPS) is 11.4. The van der Waals surface area contributed by atoms with E-state index in [9.17, 15) is 15.0 Å². The Hall–Kier alpha value is -3.71. The average Bonchev–Trinajstić information content (AvgIpc) is 2.90. The number of amides is 1. The molecule has 36 heavy (non-hydrogen) atoms. The number of aliphatic hydroxyl groups is 1. The number of hydrogen-bond donors (Lipinski definition) is 3. The van der Waals surface area contributed by atoms with Crippen LogP contribution < -0.4 is 5.43 Å². The van der Waals surface area contributed by atoms with Crippen molar-refractivity contribution in [1.29, 1.82) is 0 Å². The molecule has 0 bridgehead atoms. The first-order valence-electron chi connectivity index (χ1n) is 11.7. The van der Waals surface area contributed by atoms with Crippen LogP contribution in [0.4, 0.5) is 0 Å². The molecular formula is C29H28ClN3O3. The molecule has 7 heteroatoms. The third-order valence-corrected chi connectivity index (χ3v) is 6.21. The number of phenolic OH excluding ortho intramolecular Hbond substituents is 1. The molecule has 4 aromatic carbocycles. The zero-order valence-electron chi connectivity index (χ0n) is 19.8. The van der Waals surface area contributed by atoms with Gasteiger partial charge in [0.1, 0.15) is 5.75 Å². The molecule has 0 spiro atoms. The van der Waals surface area contributed by atoms with Gasteiger partial charge in [-0.25, -0.2) is 5.43 Å². The summed E-state index contributed by atoms with van der Waals surface area (Å²) in [4.78, 5) is 14.7. The number of nitrogens with one attached hydrogen (secondary N) is 1. The highest BCUT2D eigenvalue weighted by Gasteiger charge is 2.12. The van der Waals surface area contributed by atoms with E-state index in [1.54, 1.807) is 6.21 Å². The minimum atomic E-state index is -0.422. The number of carbonyl (C=O) groups excluding carboxylic acids is 1. The van der Waals surface area contributed by atoms with E-state index in [2.05, 4.69) is 39.7 Å². The van der Waals surface area contributed by atoms with Crippen molar-refractivity contribution < 1.29 is 15.0 Å². The van der Waals surface area contributed by atoms with Crippen LogP contribution in [0, 0.1) is 0 Å². The first-order valence-corrected chi connectivity index (χ1v) is 12.1. The highest BCUT2D eigenvalue weighted by atomic mass is 35.5. The lowest BCUT2D eigenvalue weighted by molar-refractivity contribution is 0.0955. The summed E-state index contributed by atoms with van der Waals surface area (Å²) in [7, 11) is 0. The highest BCUT2D eigenvalue weighted by Crippen LogP contribution is 2.25. The fourth-order valence-corrected chi connectivity index (χ4v) is 4.28. The molecule has 0 aliphatic heterocycles. The Morgan fingerprint density at radius 2 is 1.69 bits per heavy atom. The molecule has 4 rings (SSSR count). The summed E-state index contributed by atoms with van der Waals surface area (Å²) < 4.78 is 0. The minimum absolute atomic E-state index is 0.0815. The highest BCUT2D eigenvalue weighted by molar-refractivity contribution is 6.32. The molecule has 0 unspecified atom stereocenters. The van der Waals surface area contributed by atoms with Crippen molar-refractivity contribution in [2.45, 2.75) is 19.5 Å². The Morgan fingerprint density at radius 3 is 2.44 bits per heavy atom. The zero-order valence-corrected chi connectivity index (χ0v) is 20.5. The second kappa shape index (κ2) is 12.3. The van der Waals surface area contributed by atoms with Gasteiger partial charge in [-0.3, -0.25) is 9.69 Å². The van der Waals surface area contributed by atoms with Gasteiger partial charge in [-0.2, -0.15) is 5.10 Å². The van der Waals surface area contributed by atoms with Crippen LogP contribution in [0.5, 0.6) is 5.75 Å². The van der Waals surface area contributed by atoms with E-state index in [-0.39, 0.29) is 17.4 Å². The molecule has 4 aromatic rings. The number of phenols is 1. The number of hydrazone groups is 1. The third kappa shape index (κ3) is 6.49. The first-order chi connectivity index (χ1) is 17.5. The van der Waals surface area contributed by atoms with E-state index in [4.69, 9.17) is 11.6 Å². The quantitative estimate of drug-likeness (QED) is 0.202. The number of benzene rings is 4. The molecule has 0 atom stereocenters. The smallest absolute Gasteiger partial charge is 0.271 e. The molecule has 6 nitrogen and oxygen atoms in total. The van der Waals surface area contributed by atoms with Crippen LogP contribution in [0.3, 0.4) is 0 Å². The number of halogens is 1. The van der Waals surface area contributed by atoms with Gasteiger partial charge in [-0.15, -0.1) is 0 Å². The van der Waals surface area contributed by atoms with Gasteiger partial charge >= 0.3 is 0 Å². The third-order valence-electron chi connectivity index (χ3n) is 5.90. The summed E-state index contributed by atoms with van der Waals surface area (Å²) in [6.07, 6.45) is 2.33. The minimum Gasteiger partial charge on any atom is -0.506 e. The van der Waals surface area contributed by atoms with Crippen LogP contribution in [0.2, 0.25) is 5.02 Å². The molecule has 0 aromatic heterocycles. The SMILES string of the molecule is O=C(NN=Cc1ccc(CN(CCCO)Cc2ccccc2)c2ccccc12)c1ccc(O)c(Cl)c1. The van der Waals surface area contributed by atoms with Crippen LogP contribution in [0.15, 0.2) is 90.0 Å². The molecule has 0 heterocycles. The lowest BCUT2D eigenvalue weighted by Crippen LogP contribution is -2.25. The molecule has 0 saturated heterocycles. The summed E-state index contributed by atoms with van der Waals surface area (Å²) in [6, 6.07) is 26.8. The summed E-state index contributed by atoms with van der Waals surface area (Å²) in [5.74, 6) is -0.503. The standard InChI is InChI=1S/C29H28ClN3O3/c30-27-17-22(13-14-28(27)35)29(36)32-31-18-23-11-12-24(26-10-5-4-9-25(23)26)20-33(15-6-16-34)19-21-7-2-1-3-8-21/h1-5,7-14,17-18,34-35H,6,15-16,19-20H2,(H,32,36). The predicted molar refractivity (Wildman–Crippen MR) is 144 cm³/mol. The van der Waals surface area contributed by atoms with Gasteiger partial charge in [0, 0.05) is 37.4 Å². The van der Waals surface area contributed by atoms with E-state index in [1.165, 1.54) is 29.3 Å². The van der Waals surface area contributed by atoms with Crippen molar-refractivity contribution in [3.63, 3.8) is 0 Å². The molecule has 0 aliphatic carbocycles. The van der Waals surface area contributed by atoms with Crippen molar-refractivity contribution in [3.05, 3.63) is 112 Å². The van der Waals surface area contributed by atoms with E-state index in [0.717, 1.165) is 36.0 Å². The summed E-state index contributed by atoms with van der Waals surface area (Å²) >= 11 is 5.89. The zero-order chi connectivity index (χ0) is 25.3. The van der Waals surface area contributed by atoms with Crippen molar-refractivity contribution in [1.82, 2.24) is 10.3 Å². The Kier molecular flexibility index (Phi) is 8.68. The number of hydrogen-bond acceptors (Lipinski definition) is 5. The lowest BCUT2D eigenvalue weighted by Gasteiger charge is -2.23. The molecule has 0 radical (unpaired) electrons. The molecule has 1 amide bonds. The second-order valence-corrected chi connectivity index (χ2v) is 8.91. The predicted octanol–water partition coefficient (Wildman–Crippen LogP) is 5.35. The Morgan fingerprint density at radius 1 is 0.944 bits per heavy atom. The van der Waals surface area contributed by atoms with Crippen molar-refractivity contribution in [3.8, 4) is 5.75 Å². The molecule has 0 fully saturated rings. The van der Waals surface area contributed by atoms with Crippen LogP contribution in [-0.4, -0.2) is 40.4 Å². The molecule has 0 aliphatic rings. The topological polar surface area (TPSA) is 85.2 Å². The van der Waals surface area contributed by atoms with Crippen LogP contribution in [0.1, 0.15) is 33.5 Å². The monoisotopic (exact) mass is 501 g/mol. The second-order valence-electron chi connectivity index (χ2n) is 8.50. The van der Waals surface area contributed by atoms with Gasteiger partial charge in [0.25, 0.3) is 5.91 Å². The maximum atomic E-state index is 12.4. The number of aliphatic hydroxyl groups excluding tert-OH is 1. The van der Waals surface area contributed by atoms with Gasteiger partial charge in [-0.1, -0.05) is 78.3 Å². The van der Waals surface area contributed by atoms with Crippen LogP contribution >= 0.6 is 11.6 Å². The van der Waals surface area contributed by atoms with Crippen LogP contribution in [-0.2, 0) is 13.1 Å². The fourth-order valence-electron chi connectivity index (χ4n) is 4.10.